The van der Waals surface area contributed by atoms with Gasteiger partial charge in [-0.2, -0.15) is 0 Å². The second-order valence-electron chi connectivity index (χ2n) is 20.7. The van der Waals surface area contributed by atoms with Crippen LogP contribution in [0.4, 0.5) is 0 Å². The Hall–Kier alpha value is 0. The Kier molecular flexibility index (Phi) is 1.42. The van der Waals surface area contributed by atoms with E-state index in [9.17, 15) is 0 Å². The molecule has 0 aromatic carbocycles. The van der Waals surface area contributed by atoms with Crippen molar-refractivity contribution in [3.8, 4) is 0 Å². The van der Waals surface area contributed by atoms with Crippen LogP contribution in [0, 0.1) is 134 Å². The van der Waals surface area contributed by atoms with Gasteiger partial charge >= 0.3 is 0 Å². The van der Waals surface area contributed by atoms with Crippen LogP contribution in [0.2, 0.25) is 0 Å². The van der Waals surface area contributed by atoms with Gasteiger partial charge in [-0.3, -0.25) is 0 Å². The highest BCUT2D eigenvalue weighted by Gasteiger charge is 3.50. The first-order valence-corrected chi connectivity index (χ1v) is 16.7. The minimum atomic E-state index is 0.496. The highest BCUT2D eigenvalue weighted by Crippen LogP contribution is 3.51. The highest BCUT2D eigenvalue weighted by atomic mass is 15.5. The summed E-state index contributed by atoms with van der Waals surface area (Å²) < 4.78 is 0. The van der Waals surface area contributed by atoms with Crippen LogP contribution in [0.15, 0.2) is 0 Å². The summed E-state index contributed by atoms with van der Waals surface area (Å²) in [6.45, 7) is 31.6. The summed E-state index contributed by atoms with van der Waals surface area (Å²) in [5, 5.41) is 0. The quantitative estimate of drug-likeness (QED) is 0.377. The lowest BCUT2D eigenvalue weighted by Gasteiger charge is -3.50. The summed E-state index contributed by atoms with van der Waals surface area (Å²) in [5.41, 5.74) is 11.0. The molecular weight excluding hydrogens is 432 g/mol. The first kappa shape index (κ1) is 17.6. The molecule has 0 amide bonds. The van der Waals surface area contributed by atoms with Gasteiger partial charge in [0, 0.05) is 0 Å². The van der Waals surface area contributed by atoms with Crippen LogP contribution in [0.1, 0.15) is 82.6 Å². The summed E-state index contributed by atoms with van der Waals surface area (Å²) in [6, 6.07) is 0. The minimum Gasteiger partial charge on any atom is -0.0622 e. The maximum absolute atomic E-state index is 3.02. The number of hydrogen-bond acceptors (Lipinski definition) is 0. The van der Waals surface area contributed by atoms with Gasteiger partial charge in [-0.25, -0.2) is 0 Å². The van der Waals surface area contributed by atoms with Crippen molar-refractivity contribution < 1.29 is 0 Å². The third-order valence-electron chi connectivity index (χ3n) is 26.2. The average molecular weight is 477 g/mol. The number of hydrogen-bond donors (Lipinski definition) is 0. The van der Waals surface area contributed by atoms with Gasteiger partial charge in [0.1, 0.15) is 0 Å². The molecule has 15 aliphatic rings. The van der Waals surface area contributed by atoms with E-state index in [4.69, 9.17) is 0 Å². The third-order valence-corrected chi connectivity index (χ3v) is 26.2. The Morgan fingerprint density at radius 1 is 0.528 bits per heavy atom. The SMILES string of the molecule is CC(C)C1(C)C2(C)C3(C)C(C)C4C5C6C7CC8C9C(C)C%10(C)C%11(C)C%12(C)C1(C)C21C43C52C63C87C9%10C%113C%1221. The molecule has 36 heavy (non-hydrogen) atoms. The molecule has 0 saturated heterocycles. The van der Waals surface area contributed by atoms with Crippen molar-refractivity contribution in [3.63, 3.8) is 0 Å². The van der Waals surface area contributed by atoms with Crippen molar-refractivity contribution in [3.05, 3.63) is 0 Å². The van der Waals surface area contributed by atoms with Crippen molar-refractivity contribution in [1.29, 1.82) is 0 Å². The second kappa shape index (κ2) is 2.91. The van der Waals surface area contributed by atoms with E-state index in [1.165, 1.54) is 29.6 Å². The molecule has 0 aromatic heterocycles. The maximum atomic E-state index is 3.02. The molecule has 0 heterocycles. The highest BCUT2D eigenvalue weighted by molar-refractivity contribution is 5.94. The molecule has 0 heteroatoms. The zero-order valence-corrected chi connectivity index (χ0v) is 24.4. The molecule has 0 radical (unpaired) electrons. The van der Waals surface area contributed by atoms with E-state index in [1.807, 2.05) is 0 Å². The topological polar surface area (TPSA) is 0 Å². The average Bonchev–Trinajstić information content (AvgIpc) is 2.79. The molecule has 15 saturated carbocycles. The van der Waals surface area contributed by atoms with Gasteiger partial charge in [-0.1, -0.05) is 76.2 Å². The molecule has 23 unspecified atom stereocenters. The second-order valence-corrected chi connectivity index (χ2v) is 20.7. The van der Waals surface area contributed by atoms with Crippen LogP contribution in [-0.2, 0) is 0 Å². The lowest BCUT2D eigenvalue weighted by Crippen LogP contribution is -3.48. The van der Waals surface area contributed by atoms with E-state index in [-0.39, 0.29) is 0 Å². The number of rotatable bonds is 1. The lowest BCUT2D eigenvalue weighted by molar-refractivity contribution is -1.05. The summed E-state index contributed by atoms with van der Waals surface area (Å²) in [6.07, 6.45) is 1.69. The minimum absolute atomic E-state index is 0.496. The van der Waals surface area contributed by atoms with Crippen molar-refractivity contribution in [2.45, 2.75) is 82.6 Å². The first-order valence-electron chi connectivity index (χ1n) is 16.7. The van der Waals surface area contributed by atoms with Gasteiger partial charge in [0.2, 0.25) is 0 Å². The predicted molar refractivity (Wildman–Crippen MR) is 135 cm³/mol. The zero-order valence-electron chi connectivity index (χ0n) is 24.4. The van der Waals surface area contributed by atoms with Crippen LogP contribution in [-0.4, -0.2) is 0 Å². The van der Waals surface area contributed by atoms with Crippen molar-refractivity contribution in [2.24, 2.45) is 134 Å². The predicted octanol–water partition coefficient (Wildman–Crippen LogP) is 7.14. The fourth-order valence-corrected chi connectivity index (χ4v) is 29.3. The Labute approximate surface area is 216 Å². The van der Waals surface area contributed by atoms with Gasteiger partial charge in [0.25, 0.3) is 0 Å². The van der Waals surface area contributed by atoms with E-state index in [0.717, 1.165) is 67.0 Å². The Bertz CT molecular complexity index is 1620. The van der Waals surface area contributed by atoms with Crippen molar-refractivity contribution >= 4 is 0 Å². The Morgan fingerprint density at radius 2 is 1.14 bits per heavy atom. The van der Waals surface area contributed by atoms with Gasteiger partial charge in [0.05, 0.1) is 0 Å². The molecule has 15 rings (SSSR count). The smallest absolute Gasteiger partial charge is 0.00140 e. The molecule has 15 aliphatic carbocycles. The third kappa shape index (κ3) is 0.472. The van der Waals surface area contributed by atoms with E-state index >= 15 is 0 Å². The molecule has 23 atom stereocenters. The molecule has 0 aliphatic heterocycles. The molecule has 0 N–H and O–H groups in total. The molecule has 8 spiro atoms. The first-order chi connectivity index (χ1) is 16.7. The Morgan fingerprint density at radius 3 is 1.81 bits per heavy atom. The van der Waals surface area contributed by atoms with E-state index in [1.54, 1.807) is 6.42 Å². The Balaban J connectivity index is 1.17. The summed E-state index contributed by atoms with van der Waals surface area (Å²) in [7, 11) is 0. The van der Waals surface area contributed by atoms with Gasteiger partial charge in [-0.05, 0) is 141 Å². The molecular formula is C36H44. The van der Waals surface area contributed by atoms with Crippen LogP contribution >= 0.6 is 0 Å². The van der Waals surface area contributed by atoms with E-state index < -0.39 is 0 Å². The largest absolute Gasteiger partial charge is 0.0622 e. The fourth-order valence-electron chi connectivity index (χ4n) is 29.3. The molecule has 15 fully saturated rings. The number of fused-ring (bicyclic) bond motifs is 8. The monoisotopic (exact) mass is 476 g/mol. The summed E-state index contributed by atoms with van der Waals surface area (Å²) in [4.78, 5) is 0. The van der Waals surface area contributed by atoms with Crippen molar-refractivity contribution in [1.82, 2.24) is 0 Å². The van der Waals surface area contributed by atoms with Crippen LogP contribution < -0.4 is 0 Å². The summed E-state index contributed by atoms with van der Waals surface area (Å²) >= 11 is 0. The van der Waals surface area contributed by atoms with Gasteiger partial charge < -0.3 is 0 Å². The summed E-state index contributed by atoms with van der Waals surface area (Å²) in [5.74, 6) is 9.98. The van der Waals surface area contributed by atoms with E-state index in [2.05, 4.69) is 76.2 Å². The maximum Gasteiger partial charge on any atom is -0.00140 e. The standard InChI is InChI=1S/C36H44/c1-13(2)22(5)25(8)23(6)15(4)19-21-20-17-12-16-18-14(3)24(7)27(10)28(11)26(22,9)34(25)31(19,23)33(21)32(20)29(16,17)30(18,24)35(27,32)36(28,33)34/h13-21H,12H2,1-11H3. The zero-order chi connectivity index (χ0) is 24.4. The van der Waals surface area contributed by atoms with Gasteiger partial charge in [0.15, 0.2) is 0 Å². The van der Waals surface area contributed by atoms with Gasteiger partial charge in [-0.15, -0.1) is 0 Å². The van der Waals surface area contributed by atoms with Crippen LogP contribution in [0.5, 0.6) is 0 Å². The molecule has 0 nitrogen and oxygen atoms in total. The van der Waals surface area contributed by atoms with Crippen LogP contribution in [0.3, 0.4) is 0 Å². The fraction of sp³-hybridized carbons (Fsp3) is 1.00. The van der Waals surface area contributed by atoms with Crippen molar-refractivity contribution in [2.75, 3.05) is 0 Å². The molecule has 188 valence electrons. The molecule has 0 bridgehead atoms. The molecule has 0 aromatic rings. The van der Waals surface area contributed by atoms with Crippen LogP contribution in [0.25, 0.3) is 0 Å². The normalized spacial score (nSPS) is 106. The van der Waals surface area contributed by atoms with E-state index in [0.29, 0.717) is 37.9 Å². The lowest BCUT2D eigenvalue weighted by atomic mass is 8.53.